The van der Waals surface area contributed by atoms with Crippen molar-refractivity contribution in [3.63, 3.8) is 0 Å². The summed E-state index contributed by atoms with van der Waals surface area (Å²) in [5.41, 5.74) is 0. The number of aliphatic carboxylic acids is 1. The predicted octanol–water partition coefficient (Wildman–Crippen LogP) is -0.753. The third-order valence-corrected chi connectivity index (χ3v) is 4.40. The zero-order chi connectivity index (χ0) is 13.9. The van der Waals surface area contributed by atoms with Gasteiger partial charge in [-0.15, -0.1) is 0 Å². The molecular weight excluding hydrogens is 260 g/mol. The fourth-order valence-corrected chi connectivity index (χ4v) is 3.03. The molecule has 0 bridgehead atoms. The molecule has 7 nitrogen and oxygen atoms in total. The van der Waals surface area contributed by atoms with E-state index in [-0.39, 0.29) is 24.7 Å². The van der Waals surface area contributed by atoms with Crippen molar-refractivity contribution in [2.45, 2.75) is 26.3 Å². The topological polar surface area (TPSA) is 104 Å². The van der Waals surface area contributed by atoms with Crippen LogP contribution in [-0.2, 0) is 19.6 Å². The van der Waals surface area contributed by atoms with Crippen molar-refractivity contribution in [1.29, 1.82) is 0 Å². The number of nitrogens with zero attached hydrogens (tertiary/aromatic N) is 1. The summed E-state index contributed by atoms with van der Waals surface area (Å²) in [7, 11) is -3.44. The molecule has 0 aromatic rings. The van der Waals surface area contributed by atoms with Gasteiger partial charge in [-0.2, -0.15) is 0 Å². The summed E-state index contributed by atoms with van der Waals surface area (Å²) in [5.74, 6) is -1.87. The molecule has 18 heavy (non-hydrogen) atoms. The Balaban J connectivity index is 2.47. The number of carbonyl (C=O) groups excluding carboxylic acids is 1. The molecule has 1 amide bonds. The largest absolute Gasteiger partial charge is 0.481 e. The Hall–Kier alpha value is -1.15. The number of carbonyl (C=O) groups is 2. The van der Waals surface area contributed by atoms with Crippen LogP contribution in [0.2, 0.25) is 0 Å². The maximum Gasteiger partial charge on any atom is 0.310 e. The van der Waals surface area contributed by atoms with Crippen molar-refractivity contribution in [3.8, 4) is 0 Å². The molecular formula is C10H18N2O5S. The summed E-state index contributed by atoms with van der Waals surface area (Å²) in [6, 6.07) is -0.851. The highest BCUT2D eigenvalue weighted by Gasteiger charge is 2.37. The van der Waals surface area contributed by atoms with Crippen LogP contribution in [0.5, 0.6) is 0 Å². The smallest absolute Gasteiger partial charge is 0.310 e. The van der Waals surface area contributed by atoms with E-state index in [1.165, 1.54) is 11.8 Å². The van der Waals surface area contributed by atoms with Crippen LogP contribution in [0.1, 0.15) is 20.3 Å². The van der Waals surface area contributed by atoms with E-state index in [1.54, 1.807) is 6.92 Å². The molecule has 8 heteroatoms. The summed E-state index contributed by atoms with van der Waals surface area (Å²) in [6.07, 6.45) is 0.473. The first-order chi connectivity index (χ1) is 8.26. The first kappa shape index (κ1) is 14.9. The monoisotopic (exact) mass is 278 g/mol. The van der Waals surface area contributed by atoms with Crippen molar-refractivity contribution < 1.29 is 23.1 Å². The molecule has 1 atom stereocenters. The quantitative estimate of drug-likeness (QED) is 0.665. The van der Waals surface area contributed by atoms with Gasteiger partial charge in [-0.3, -0.25) is 9.59 Å². The molecule has 1 heterocycles. The predicted molar refractivity (Wildman–Crippen MR) is 64.4 cm³/mol. The van der Waals surface area contributed by atoms with Crippen LogP contribution in [0.15, 0.2) is 0 Å². The number of nitrogens with one attached hydrogen (secondary N) is 1. The molecule has 0 aromatic heterocycles. The Morgan fingerprint density at radius 3 is 2.44 bits per heavy atom. The van der Waals surface area contributed by atoms with Gasteiger partial charge in [0.05, 0.1) is 17.7 Å². The molecule has 0 radical (unpaired) electrons. The lowest BCUT2D eigenvalue weighted by Gasteiger charge is -2.38. The number of carboxylic acids is 1. The van der Waals surface area contributed by atoms with Gasteiger partial charge in [0, 0.05) is 13.1 Å². The zero-order valence-corrected chi connectivity index (χ0v) is 11.2. The molecule has 2 N–H and O–H groups in total. The third kappa shape index (κ3) is 3.67. The summed E-state index contributed by atoms with van der Waals surface area (Å²) < 4.78 is 25.2. The van der Waals surface area contributed by atoms with Crippen molar-refractivity contribution in [1.82, 2.24) is 9.62 Å². The van der Waals surface area contributed by atoms with Gasteiger partial charge in [0.1, 0.15) is 0 Å². The van der Waals surface area contributed by atoms with Crippen LogP contribution >= 0.6 is 0 Å². The number of amides is 1. The number of rotatable bonds is 6. The highest BCUT2D eigenvalue weighted by atomic mass is 32.2. The zero-order valence-electron chi connectivity index (χ0n) is 10.4. The Morgan fingerprint density at radius 1 is 1.44 bits per heavy atom. The maximum absolute atomic E-state index is 11.8. The second kappa shape index (κ2) is 5.66. The molecule has 1 unspecified atom stereocenters. The minimum Gasteiger partial charge on any atom is -0.481 e. The second-order valence-electron chi connectivity index (χ2n) is 4.44. The molecule has 104 valence electrons. The maximum atomic E-state index is 11.8. The molecule has 0 spiro atoms. The Bertz CT molecular complexity index is 428. The van der Waals surface area contributed by atoms with E-state index in [0.29, 0.717) is 6.42 Å². The summed E-state index contributed by atoms with van der Waals surface area (Å²) in [4.78, 5) is 23.7. The molecule has 0 saturated carbocycles. The summed E-state index contributed by atoms with van der Waals surface area (Å²) in [5, 5.41) is 8.68. The van der Waals surface area contributed by atoms with Gasteiger partial charge < -0.3 is 10.0 Å². The summed E-state index contributed by atoms with van der Waals surface area (Å²) in [6.45, 7) is 3.49. The normalized spacial score (nSPS) is 18.2. The molecule has 0 aliphatic carbocycles. The van der Waals surface area contributed by atoms with Crippen molar-refractivity contribution in [3.05, 3.63) is 0 Å². The van der Waals surface area contributed by atoms with Crippen molar-refractivity contribution >= 4 is 21.9 Å². The van der Waals surface area contributed by atoms with Gasteiger partial charge >= 0.3 is 5.97 Å². The number of hydrogen-bond acceptors (Lipinski definition) is 4. The van der Waals surface area contributed by atoms with Crippen LogP contribution in [-0.4, -0.2) is 55.2 Å². The molecule has 1 aliphatic rings. The number of sulfonamides is 1. The van der Waals surface area contributed by atoms with Crippen LogP contribution in [0.4, 0.5) is 0 Å². The fourth-order valence-electron chi connectivity index (χ4n) is 1.74. The van der Waals surface area contributed by atoms with Crippen molar-refractivity contribution in [2.24, 2.45) is 5.92 Å². The molecule has 1 saturated heterocycles. The van der Waals surface area contributed by atoms with Crippen molar-refractivity contribution in [2.75, 3.05) is 18.8 Å². The van der Waals surface area contributed by atoms with Crippen LogP contribution in [0, 0.1) is 5.92 Å². The molecule has 1 fully saturated rings. The average molecular weight is 278 g/mol. The van der Waals surface area contributed by atoms with Crippen LogP contribution in [0.25, 0.3) is 0 Å². The lowest BCUT2D eigenvalue weighted by molar-refractivity contribution is -0.153. The van der Waals surface area contributed by atoms with Gasteiger partial charge in [0.25, 0.3) is 0 Å². The van der Waals surface area contributed by atoms with Gasteiger partial charge in [-0.1, -0.05) is 6.92 Å². The Morgan fingerprint density at radius 2 is 2.00 bits per heavy atom. The van der Waals surface area contributed by atoms with E-state index < -0.39 is 28.0 Å². The third-order valence-electron chi connectivity index (χ3n) is 2.74. The minimum absolute atomic E-state index is 0.0254. The second-order valence-corrected chi connectivity index (χ2v) is 6.31. The Kier molecular flexibility index (Phi) is 4.69. The molecule has 1 rings (SSSR count). The van der Waals surface area contributed by atoms with Crippen LogP contribution < -0.4 is 4.72 Å². The highest BCUT2D eigenvalue weighted by Crippen LogP contribution is 2.16. The van der Waals surface area contributed by atoms with Gasteiger partial charge in [0.15, 0.2) is 0 Å². The lowest BCUT2D eigenvalue weighted by Crippen LogP contribution is -2.58. The first-order valence-corrected chi connectivity index (χ1v) is 7.43. The lowest BCUT2D eigenvalue weighted by atomic mass is 10.00. The Labute approximate surface area is 106 Å². The standard InChI is InChI=1S/C10H18N2O5S/c1-3-4-18(16,17)11-7(2)9(13)12-5-8(6-12)10(14)15/h7-8,11H,3-6H2,1-2H3,(H,14,15). The van der Waals surface area contributed by atoms with Crippen LogP contribution in [0.3, 0.4) is 0 Å². The number of hydrogen-bond donors (Lipinski definition) is 2. The minimum atomic E-state index is -3.44. The fraction of sp³-hybridized carbons (Fsp3) is 0.800. The summed E-state index contributed by atoms with van der Waals surface area (Å²) >= 11 is 0. The molecule has 1 aliphatic heterocycles. The highest BCUT2D eigenvalue weighted by molar-refractivity contribution is 7.89. The van der Waals surface area contributed by atoms with E-state index in [4.69, 9.17) is 5.11 Å². The van der Waals surface area contributed by atoms with Gasteiger partial charge in [-0.25, -0.2) is 13.1 Å². The number of likely N-dealkylation sites (tertiary alicyclic amines) is 1. The van der Waals surface area contributed by atoms with E-state index in [1.807, 2.05) is 0 Å². The van der Waals surface area contributed by atoms with Gasteiger partial charge in [-0.05, 0) is 13.3 Å². The SMILES string of the molecule is CCCS(=O)(=O)NC(C)C(=O)N1CC(C(=O)O)C1. The van der Waals surface area contributed by atoms with Gasteiger partial charge in [0.2, 0.25) is 15.9 Å². The number of carboxylic acid groups (broad SMARTS) is 1. The average Bonchev–Trinajstić information content (AvgIpc) is 2.13. The van der Waals surface area contributed by atoms with E-state index in [0.717, 1.165) is 0 Å². The first-order valence-electron chi connectivity index (χ1n) is 5.78. The van der Waals surface area contributed by atoms with E-state index >= 15 is 0 Å². The van der Waals surface area contributed by atoms with E-state index in [9.17, 15) is 18.0 Å². The molecule has 0 aromatic carbocycles. The van der Waals surface area contributed by atoms with E-state index in [2.05, 4.69) is 4.72 Å².